The van der Waals surface area contributed by atoms with Crippen LogP contribution in [0.25, 0.3) is 20.2 Å². The van der Waals surface area contributed by atoms with Gasteiger partial charge < -0.3 is 4.74 Å². The van der Waals surface area contributed by atoms with Gasteiger partial charge in [-0.15, -0.1) is 11.3 Å². The molecule has 0 N–H and O–H groups in total. The molecule has 0 unspecified atom stereocenters. The summed E-state index contributed by atoms with van der Waals surface area (Å²) in [5.41, 5.74) is 2.54. The fraction of sp³-hybridized carbons (Fsp3) is 0.138. The van der Waals surface area contributed by atoms with E-state index in [0.717, 1.165) is 37.9 Å². The van der Waals surface area contributed by atoms with Crippen LogP contribution in [0.1, 0.15) is 24.5 Å². The van der Waals surface area contributed by atoms with Crippen LogP contribution in [-0.2, 0) is 6.42 Å². The number of hydrogen-bond acceptors (Lipinski definition) is 4. The van der Waals surface area contributed by atoms with Crippen molar-refractivity contribution in [2.45, 2.75) is 29.6 Å². The first kappa shape index (κ1) is 25.4. The molecule has 6 rings (SSSR count). The van der Waals surface area contributed by atoms with Crippen LogP contribution < -0.4 is 10.2 Å². The minimum absolute atomic E-state index is 0.0266. The predicted molar refractivity (Wildman–Crippen MR) is 156 cm³/mol. The maximum absolute atomic E-state index is 12.6. The molecule has 2 nitrogen and oxygen atoms in total. The smallest absolute Gasteiger partial charge is 0.197 e. The van der Waals surface area contributed by atoms with Gasteiger partial charge in [0.25, 0.3) is 0 Å². The van der Waals surface area contributed by atoms with E-state index in [1.165, 1.54) is 16.0 Å². The SMILES string of the molecule is CCCOc1ccc(Cl)c2c(=O)c3ccccc3sc12.Clc1cc(Cl)c2c(c1)Cc1ccccc1S2. The molecule has 0 aliphatic carbocycles. The van der Waals surface area contributed by atoms with Crippen molar-refractivity contribution in [2.75, 3.05) is 6.61 Å². The lowest BCUT2D eigenvalue weighted by molar-refractivity contribution is 0.321. The largest absolute Gasteiger partial charge is 0.492 e. The molecule has 0 radical (unpaired) electrons. The van der Waals surface area contributed by atoms with Crippen LogP contribution in [0, 0.1) is 0 Å². The maximum atomic E-state index is 12.6. The highest BCUT2D eigenvalue weighted by molar-refractivity contribution is 7.99. The average Bonchev–Trinajstić information content (AvgIpc) is 2.88. The van der Waals surface area contributed by atoms with Gasteiger partial charge in [0.15, 0.2) is 5.43 Å². The molecule has 2 heterocycles. The minimum Gasteiger partial charge on any atom is -0.492 e. The summed E-state index contributed by atoms with van der Waals surface area (Å²) < 4.78 is 7.52. The molecule has 1 aliphatic rings. The molecule has 1 aliphatic heterocycles. The van der Waals surface area contributed by atoms with Crippen LogP contribution in [0.3, 0.4) is 0 Å². The highest BCUT2D eigenvalue weighted by atomic mass is 35.5. The summed E-state index contributed by atoms with van der Waals surface area (Å²) in [5.74, 6) is 0.735. The van der Waals surface area contributed by atoms with Gasteiger partial charge in [0.1, 0.15) is 5.75 Å². The minimum atomic E-state index is -0.0266. The Morgan fingerprint density at radius 3 is 2.50 bits per heavy atom. The molecule has 0 bridgehead atoms. The lowest BCUT2D eigenvalue weighted by Gasteiger charge is -2.19. The third-order valence-electron chi connectivity index (χ3n) is 5.75. The van der Waals surface area contributed by atoms with Gasteiger partial charge in [0.05, 0.1) is 26.7 Å². The standard InChI is InChI=1S/C16H13ClO2S.C13H8Cl2S/c1-2-9-19-12-8-7-11(17)14-15(18)10-5-3-4-6-13(10)20-16(12)14;14-10-6-9-5-8-3-1-2-4-12(8)16-13(9)11(15)7-10/h3-8H,2,9H2,1H3;1-4,6-7H,5H2. The van der Waals surface area contributed by atoms with E-state index in [0.29, 0.717) is 27.4 Å². The molecule has 182 valence electrons. The molecule has 36 heavy (non-hydrogen) atoms. The number of ether oxygens (including phenoxy) is 1. The molecule has 0 atom stereocenters. The van der Waals surface area contributed by atoms with Crippen molar-refractivity contribution in [1.82, 2.24) is 0 Å². The molecule has 1 aromatic heterocycles. The van der Waals surface area contributed by atoms with Gasteiger partial charge in [0.2, 0.25) is 0 Å². The zero-order chi connectivity index (χ0) is 25.2. The fourth-order valence-electron chi connectivity index (χ4n) is 4.09. The van der Waals surface area contributed by atoms with Crippen LogP contribution in [-0.4, -0.2) is 6.61 Å². The molecular weight excluding hydrogens is 551 g/mol. The number of fused-ring (bicyclic) bond motifs is 4. The van der Waals surface area contributed by atoms with E-state index in [-0.39, 0.29) is 5.43 Å². The maximum Gasteiger partial charge on any atom is 0.197 e. The molecule has 0 fully saturated rings. The first-order valence-corrected chi connectivity index (χ1v) is 14.2. The number of halogens is 3. The molecule has 4 aromatic carbocycles. The first-order chi connectivity index (χ1) is 17.5. The third-order valence-corrected chi connectivity index (χ3v) is 9.19. The van der Waals surface area contributed by atoms with Crippen LogP contribution in [0.2, 0.25) is 15.1 Å². The monoisotopic (exact) mass is 570 g/mol. The zero-order valence-corrected chi connectivity index (χ0v) is 23.2. The van der Waals surface area contributed by atoms with Gasteiger partial charge in [-0.3, -0.25) is 4.79 Å². The normalized spacial score (nSPS) is 12.0. The average molecular weight is 572 g/mol. The second-order valence-electron chi connectivity index (χ2n) is 8.29. The molecular formula is C29H21Cl3O2S2. The Balaban J connectivity index is 0.000000152. The van der Waals surface area contributed by atoms with Crippen molar-refractivity contribution in [3.63, 3.8) is 0 Å². The van der Waals surface area contributed by atoms with Crippen molar-refractivity contribution in [3.05, 3.63) is 109 Å². The van der Waals surface area contributed by atoms with Gasteiger partial charge in [0, 0.05) is 24.9 Å². The summed E-state index contributed by atoms with van der Waals surface area (Å²) in [6, 6.07) is 23.4. The summed E-state index contributed by atoms with van der Waals surface area (Å²) in [4.78, 5) is 15.0. The molecule has 0 saturated heterocycles. The summed E-state index contributed by atoms with van der Waals surface area (Å²) >= 11 is 21.7. The lowest BCUT2D eigenvalue weighted by atomic mass is 10.0. The summed E-state index contributed by atoms with van der Waals surface area (Å²) in [6.45, 7) is 2.68. The van der Waals surface area contributed by atoms with Crippen molar-refractivity contribution in [3.8, 4) is 5.75 Å². The van der Waals surface area contributed by atoms with Gasteiger partial charge in [-0.25, -0.2) is 0 Å². The topological polar surface area (TPSA) is 26.3 Å². The quantitative estimate of drug-likeness (QED) is 0.198. The van der Waals surface area contributed by atoms with Gasteiger partial charge in [-0.2, -0.15) is 0 Å². The second kappa shape index (κ2) is 11.0. The van der Waals surface area contributed by atoms with Crippen molar-refractivity contribution in [1.29, 1.82) is 0 Å². The molecule has 0 spiro atoms. The first-order valence-electron chi connectivity index (χ1n) is 11.5. The second-order valence-corrected chi connectivity index (χ2v) is 11.6. The predicted octanol–water partition coefficient (Wildman–Crippen LogP) is 9.91. The highest BCUT2D eigenvalue weighted by Crippen LogP contribution is 2.44. The van der Waals surface area contributed by atoms with Gasteiger partial charge in [-0.1, -0.05) is 83.8 Å². The molecule has 0 amide bonds. The van der Waals surface area contributed by atoms with E-state index in [1.807, 2.05) is 42.5 Å². The van der Waals surface area contributed by atoms with Gasteiger partial charge in [-0.05, 0) is 66.4 Å². The molecule has 5 aromatic rings. The summed E-state index contributed by atoms with van der Waals surface area (Å²) in [7, 11) is 0. The van der Waals surface area contributed by atoms with Crippen LogP contribution in [0.5, 0.6) is 5.75 Å². The van der Waals surface area contributed by atoms with E-state index in [1.54, 1.807) is 29.2 Å². The van der Waals surface area contributed by atoms with Crippen molar-refractivity contribution in [2.24, 2.45) is 0 Å². The van der Waals surface area contributed by atoms with E-state index < -0.39 is 0 Å². The number of rotatable bonds is 3. The Morgan fingerprint density at radius 2 is 1.67 bits per heavy atom. The van der Waals surface area contributed by atoms with Crippen LogP contribution >= 0.6 is 57.9 Å². The fourth-order valence-corrected chi connectivity index (χ4v) is 7.27. The van der Waals surface area contributed by atoms with E-state index >= 15 is 0 Å². The Labute approximate surface area is 232 Å². The van der Waals surface area contributed by atoms with Crippen molar-refractivity contribution < 1.29 is 4.74 Å². The Morgan fingerprint density at radius 1 is 0.889 bits per heavy atom. The van der Waals surface area contributed by atoms with E-state index in [4.69, 9.17) is 39.5 Å². The highest BCUT2D eigenvalue weighted by Gasteiger charge is 2.18. The van der Waals surface area contributed by atoms with E-state index in [9.17, 15) is 4.79 Å². The van der Waals surface area contributed by atoms with Crippen LogP contribution in [0.15, 0.2) is 87.4 Å². The van der Waals surface area contributed by atoms with Crippen molar-refractivity contribution >= 4 is 78.1 Å². The lowest BCUT2D eigenvalue weighted by Crippen LogP contribution is -2.03. The number of benzene rings is 4. The molecule has 0 saturated carbocycles. The van der Waals surface area contributed by atoms with E-state index in [2.05, 4.69) is 31.2 Å². The summed E-state index contributed by atoms with van der Waals surface area (Å²) in [5, 5.41) is 3.21. The Hall–Kier alpha value is -2.21. The third kappa shape index (κ3) is 5.11. The van der Waals surface area contributed by atoms with Gasteiger partial charge >= 0.3 is 0 Å². The Kier molecular flexibility index (Phi) is 7.80. The summed E-state index contributed by atoms with van der Waals surface area (Å²) in [6.07, 6.45) is 1.84. The zero-order valence-electron chi connectivity index (χ0n) is 19.3. The van der Waals surface area contributed by atoms with Crippen LogP contribution in [0.4, 0.5) is 0 Å². The molecule has 7 heteroatoms. The Bertz CT molecular complexity index is 1650. The number of hydrogen-bond donors (Lipinski definition) is 0.